The third-order valence-electron chi connectivity index (χ3n) is 10.1. The highest BCUT2D eigenvalue weighted by Gasteiger charge is 2.43. The second kappa shape index (κ2) is 15.2. The first-order chi connectivity index (χ1) is 25.6. The number of sulfone groups is 2. The molecule has 6 rings (SSSR count). The van der Waals surface area contributed by atoms with Crippen LogP contribution in [0.3, 0.4) is 0 Å². The van der Waals surface area contributed by atoms with Crippen molar-refractivity contribution in [1.29, 1.82) is 0 Å². The number of anilines is 2. The van der Waals surface area contributed by atoms with E-state index < -0.39 is 42.6 Å². The zero-order valence-electron chi connectivity index (χ0n) is 32.0. The monoisotopic (exact) mass is 797 g/mol. The second-order valence-corrected chi connectivity index (χ2v) is 18.8. The Morgan fingerprint density at radius 3 is 1.84 bits per heavy atom. The number of hydrogen-bond donors (Lipinski definition) is 4. The highest BCUT2D eigenvalue weighted by molar-refractivity contribution is 7.95. The number of hydrogen-bond acceptors (Lipinski definition) is 12. The average molecular weight is 798 g/mol. The van der Waals surface area contributed by atoms with E-state index in [1.807, 2.05) is 26.8 Å². The van der Waals surface area contributed by atoms with E-state index in [9.17, 15) is 46.8 Å². The minimum atomic E-state index is -4.04. The first-order valence-corrected chi connectivity index (χ1v) is 21.0. The number of nitro groups is 1. The Morgan fingerprint density at radius 2 is 1.29 bits per heavy atom. The molecular formula is C38H47N5O10S2. The molecule has 0 aliphatic carbocycles. The van der Waals surface area contributed by atoms with Crippen LogP contribution in [0.25, 0.3) is 0 Å². The van der Waals surface area contributed by atoms with Crippen LogP contribution in [0.4, 0.5) is 17.1 Å². The molecule has 55 heavy (non-hydrogen) atoms. The molecule has 0 saturated carbocycles. The molecule has 2 amide bonds. The van der Waals surface area contributed by atoms with Crippen molar-refractivity contribution in [2.24, 2.45) is 11.8 Å². The molecule has 0 bridgehead atoms. The number of carbonyl (C=O) groups is 2. The number of non-ortho nitro benzene ring substituents is 1. The van der Waals surface area contributed by atoms with E-state index in [-0.39, 0.29) is 66.0 Å². The summed E-state index contributed by atoms with van der Waals surface area (Å²) < 4.78 is 51.3. The molecule has 4 heterocycles. The molecule has 15 nitrogen and oxygen atoms in total. The summed E-state index contributed by atoms with van der Waals surface area (Å²) in [6, 6.07) is 7.48. The second-order valence-electron chi connectivity index (χ2n) is 14.9. The number of carbonyl (C=O) groups excluding carboxylic acids is 2. The summed E-state index contributed by atoms with van der Waals surface area (Å²) in [5, 5.41) is 38.8. The van der Waals surface area contributed by atoms with Gasteiger partial charge in [0, 0.05) is 25.2 Å². The van der Waals surface area contributed by atoms with Crippen molar-refractivity contribution in [3.63, 3.8) is 0 Å². The molecular weight excluding hydrogens is 751 g/mol. The van der Waals surface area contributed by atoms with Crippen molar-refractivity contribution in [3.05, 3.63) is 96.4 Å². The maximum Gasteiger partial charge on any atom is 0.270 e. The van der Waals surface area contributed by atoms with Crippen LogP contribution in [0.5, 0.6) is 0 Å². The molecule has 4 aliphatic heterocycles. The lowest BCUT2D eigenvalue weighted by Gasteiger charge is -2.25. The summed E-state index contributed by atoms with van der Waals surface area (Å²) in [6.07, 6.45) is 1.55. The lowest BCUT2D eigenvalue weighted by molar-refractivity contribution is -0.385. The number of fused-ring (bicyclic) bond motifs is 2. The number of allylic oxidation sites excluding steroid dienone is 1. The van der Waals surface area contributed by atoms with Crippen LogP contribution in [0.2, 0.25) is 0 Å². The van der Waals surface area contributed by atoms with E-state index in [1.165, 1.54) is 24.0 Å². The van der Waals surface area contributed by atoms with Gasteiger partial charge in [0.1, 0.15) is 27.6 Å². The van der Waals surface area contributed by atoms with Crippen LogP contribution in [-0.2, 0) is 29.3 Å². The molecule has 0 aromatic heterocycles. The van der Waals surface area contributed by atoms with Crippen LogP contribution in [0.1, 0.15) is 66.9 Å². The standard InChI is InChI=1S/C20H26N2O4S.C18H21N3O6S/c1-11(2)8-9-22-13(4)19(23)17(20(22)24)18-14(5)27(25,26)16-10-12(3)6-7-15(16)21-18;1-10(2)6-7-20-11(3)17(22)16(18(20)23)14-9-28(26,27)15-8-12(21(24)25)4-5-13(15)19-14/h6-7,10-11,13,21,23H,8-9H2,1-5H3;4-5,8-11,19,22H,6-7H2,1-3H3. The number of benzene rings is 2. The highest BCUT2D eigenvalue weighted by Crippen LogP contribution is 2.41. The summed E-state index contributed by atoms with van der Waals surface area (Å²) in [5.74, 6) is -0.302. The predicted molar refractivity (Wildman–Crippen MR) is 207 cm³/mol. The maximum atomic E-state index is 13.0. The minimum absolute atomic E-state index is 0.0391. The Balaban J connectivity index is 0.000000211. The van der Waals surface area contributed by atoms with E-state index >= 15 is 0 Å². The Bertz CT molecular complexity index is 2320. The summed E-state index contributed by atoms with van der Waals surface area (Å²) in [5.41, 5.74) is 1.11. The zero-order chi connectivity index (χ0) is 40.9. The summed E-state index contributed by atoms with van der Waals surface area (Å²) >= 11 is 0. The predicted octanol–water partition coefficient (Wildman–Crippen LogP) is 6.24. The van der Waals surface area contributed by atoms with Gasteiger partial charge >= 0.3 is 0 Å². The van der Waals surface area contributed by atoms with Crippen LogP contribution in [-0.4, -0.2) is 78.8 Å². The largest absolute Gasteiger partial charge is 0.509 e. The number of aliphatic hydroxyl groups excluding tert-OH is 2. The Labute approximate surface area is 321 Å². The lowest BCUT2D eigenvalue weighted by Crippen LogP contribution is -2.35. The molecule has 2 unspecified atom stereocenters. The van der Waals surface area contributed by atoms with Crippen molar-refractivity contribution < 1.29 is 41.6 Å². The van der Waals surface area contributed by atoms with E-state index in [1.54, 1.807) is 30.9 Å². The molecule has 0 spiro atoms. The van der Waals surface area contributed by atoms with Crippen LogP contribution in [0, 0.1) is 28.9 Å². The summed E-state index contributed by atoms with van der Waals surface area (Å²) in [7, 11) is -7.77. The van der Waals surface area contributed by atoms with Gasteiger partial charge in [0.05, 0.1) is 55.0 Å². The fourth-order valence-electron chi connectivity index (χ4n) is 6.64. The van der Waals surface area contributed by atoms with Gasteiger partial charge in [0.2, 0.25) is 19.7 Å². The van der Waals surface area contributed by atoms with Gasteiger partial charge in [-0.25, -0.2) is 16.8 Å². The molecule has 2 atom stereocenters. The topological polar surface area (TPSA) is 217 Å². The van der Waals surface area contributed by atoms with Crippen LogP contribution >= 0.6 is 0 Å². The highest BCUT2D eigenvalue weighted by atomic mass is 32.2. The quantitative estimate of drug-likeness (QED) is 0.164. The van der Waals surface area contributed by atoms with Gasteiger partial charge in [-0.05, 0) is 76.1 Å². The lowest BCUT2D eigenvalue weighted by atomic mass is 10.1. The minimum Gasteiger partial charge on any atom is -0.509 e. The first-order valence-electron chi connectivity index (χ1n) is 17.9. The van der Waals surface area contributed by atoms with Crippen molar-refractivity contribution in [2.45, 2.75) is 90.1 Å². The SMILES string of the molecule is CC(C)CCN1C(=O)C(C2=CS(=O)(=O)c3cc([N+](=O)[O-])ccc3N2)=C(O)C1C.CC1=C(C2=C(O)C(C)N(CCC(C)C)C2=O)Nc2ccc(C)cc2S1(=O)=O. The third-order valence-corrected chi connectivity index (χ3v) is 13.5. The van der Waals surface area contributed by atoms with Gasteiger partial charge in [0.15, 0.2) is 0 Å². The van der Waals surface area contributed by atoms with E-state index in [2.05, 4.69) is 24.5 Å². The van der Waals surface area contributed by atoms with Crippen molar-refractivity contribution in [2.75, 3.05) is 23.7 Å². The van der Waals surface area contributed by atoms with Crippen LogP contribution < -0.4 is 10.6 Å². The molecule has 0 saturated heterocycles. The summed E-state index contributed by atoms with van der Waals surface area (Å²) in [4.78, 5) is 39.2. The summed E-state index contributed by atoms with van der Waals surface area (Å²) in [6.45, 7) is 15.9. The Morgan fingerprint density at radius 1 is 0.782 bits per heavy atom. The molecule has 17 heteroatoms. The number of aryl methyl sites for hydroxylation is 1. The first kappa shape index (κ1) is 41.0. The molecule has 0 fully saturated rings. The molecule has 296 valence electrons. The van der Waals surface area contributed by atoms with Crippen LogP contribution in [0.15, 0.2) is 90.6 Å². The fraction of sp³-hybridized carbons (Fsp3) is 0.421. The van der Waals surface area contributed by atoms with E-state index in [4.69, 9.17) is 0 Å². The third kappa shape index (κ3) is 7.72. The molecule has 4 N–H and O–H groups in total. The van der Waals surface area contributed by atoms with Gasteiger partial charge in [-0.15, -0.1) is 0 Å². The van der Waals surface area contributed by atoms with Gasteiger partial charge in [-0.1, -0.05) is 33.8 Å². The van der Waals surface area contributed by atoms with Crippen molar-refractivity contribution >= 4 is 48.6 Å². The van der Waals surface area contributed by atoms with Crippen molar-refractivity contribution in [3.8, 4) is 0 Å². The fourth-order valence-corrected chi connectivity index (χ4v) is 9.46. The van der Waals surface area contributed by atoms with Gasteiger partial charge in [0.25, 0.3) is 17.5 Å². The Kier molecular flexibility index (Phi) is 11.3. The number of nitro benzene ring substituents is 1. The van der Waals surface area contributed by atoms with Gasteiger partial charge < -0.3 is 30.6 Å². The average Bonchev–Trinajstić information content (AvgIpc) is 3.44. The maximum absolute atomic E-state index is 13.0. The van der Waals surface area contributed by atoms with E-state index in [0.717, 1.165) is 29.9 Å². The Hall–Kier alpha value is -5.16. The number of nitrogens with one attached hydrogen (secondary N) is 2. The normalized spacial score (nSPS) is 21.3. The molecule has 2 aromatic carbocycles. The molecule has 2 aromatic rings. The number of rotatable bonds is 9. The molecule has 4 aliphatic rings. The molecule has 0 radical (unpaired) electrons. The number of amides is 2. The van der Waals surface area contributed by atoms with Crippen molar-refractivity contribution in [1.82, 2.24) is 9.80 Å². The number of nitrogens with zero attached hydrogens (tertiary/aromatic N) is 3. The van der Waals surface area contributed by atoms with E-state index in [0.29, 0.717) is 30.6 Å². The van der Waals surface area contributed by atoms with Gasteiger partial charge in [-0.2, -0.15) is 0 Å². The number of aliphatic hydroxyl groups is 2. The smallest absolute Gasteiger partial charge is 0.270 e. The van der Waals surface area contributed by atoms with Gasteiger partial charge in [-0.3, -0.25) is 19.7 Å². The zero-order valence-corrected chi connectivity index (χ0v) is 33.6.